The maximum atomic E-state index is 5.59. The average molecular weight is 188 g/mol. The van der Waals surface area contributed by atoms with E-state index < -0.39 is 0 Å². The van der Waals surface area contributed by atoms with Crippen LogP contribution in [0, 0.1) is 5.92 Å². The number of fused-ring (bicyclic) bond motifs is 2. The van der Waals surface area contributed by atoms with E-state index in [2.05, 4.69) is 4.90 Å². The molecule has 2 nitrogen and oxygen atoms in total. The monoisotopic (exact) mass is 187 g/mol. The normalized spacial score (nSPS) is 36.4. The molecule has 2 bridgehead atoms. The van der Waals surface area contributed by atoms with Gasteiger partial charge in [-0.15, -0.1) is 0 Å². The van der Waals surface area contributed by atoms with Crippen LogP contribution in [-0.2, 0) is 4.74 Å². The van der Waals surface area contributed by atoms with Crippen LogP contribution in [0.15, 0.2) is 11.6 Å². The standard InChI is InChI=1S/C9H14ClNO/c10-2-1-3-11-5-8-4-9(6-11)12-7-8/h1-2,8-9H,3-7H2/b2-1+. The molecule has 0 radical (unpaired) electrons. The number of hydrogen-bond donors (Lipinski definition) is 0. The molecule has 2 heterocycles. The second-order valence-corrected chi connectivity index (χ2v) is 3.89. The van der Waals surface area contributed by atoms with Crippen molar-refractivity contribution in [3.63, 3.8) is 0 Å². The summed E-state index contributed by atoms with van der Waals surface area (Å²) < 4.78 is 5.59. The molecule has 0 aliphatic carbocycles. The summed E-state index contributed by atoms with van der Waals surface area (Å²) in [4.78, 5) is 2.41. The maximum absolute atomic E-state index is 5.59. The highest BCUT2D eigenvalue weighted by Crippen LogP contribution is 2.26. The number of ether oxygens (including phenoxy) is 1. The first kappa shape index (κ1) is 8.54. The summed E-state index contributed by atoms with van der Waals surface area (Å²) >= 11 is 5.47. The Bertz CT molecular complexity index is 171. The summed E-state index contributed by atoms with van der Waals surface area (Å²) in [5.74, 6) is 0.771. The van der Waals surface area contributed by atoms with Gasteiger partial charge < -0.3 is 4.74 Å². The van der Waals surface area contributed by atoms with Crippen molar-refractivity contribution in [3.8, 4) is 0 Å². The summed E-state index contributed by atoms with van der Waals surface area (Å²) in [6, 6.07) is 0. The van der Waals surface area contributed by atoms with Crippen molar-refractivity contribution in [2.75, 3.05) is 26.2 Å². The Morgan fingerprint density at radius 3 is 3.17 bits per heavy atom. The SMILES string of the molecule is Cl/C=C/CN1CC2COC(C2)C1. The second-order valence-electron chi connectivity index (χ2n) is 3.64. The van der Waals surface area contributed by atoms with Crippen LogP contribution < -0.4 is 0 Å². The minimum absolute atomic E-state index is 0.493. The molecule has 0 amide bonds. The molecule has 0 spiro atoms. The largest absolute Gasteiger partial charge is 0.377 e. The molecular formula is C9H14ClNO. The summed E-state index contributed by atoms with van der Waals surface area (Å²) in [7, 11) is 0. The zero-order valence-corrected chi connectivity index (χ0v) is 7.83. The molecule has 2 fully saturated rings. The molecule has 0 saturated carbocycles. The number of hydrogen-bond acceptors (Lipinski definition) is 2. The van der Waals surface area contributed by atoms with Gasteiger partial charge in [0.15, 0.2) is 0 Å². The van der Waals surface area contributed by atoms with E-state index in [1.807, 2.05) is 6.08 Å². The lowest BCUT2D eigenvalue weighted by atomic mass is 10.0. The van der Waals surface area contributed by atoms with Gasteiger partial charge in [-0.2, -0.15) is 0 Å². The first-order valence-corrected chi connectivity index (χ1v) is 4.91. The second kappa shape index (κ2) is 3.77. The van der Waals surface area contributed by atoms with E-state index in [-0.39, 0.29) is 0 Å². The summed E-state index contributed by atoms with van der Waals surface area (Å²) in [6.45, 7) is 4.20. The predicted molar refractivity (Wildman–Crippen MR) is 49.3 cm³/mol. The van der Waals surface area contributed by atoms with E-state index in [1.54, 1.807) is 5.54 Å². The molecule has 0 aromatic rings. The van der Waals surface area contributed by atoms with Crippen molar-refractivity contribution in [2.45, 2.75) is 12.5 Å². The fraction of sp³-hybridized carbons (Fsp3) is 0.778. The van der Waals surface area contributed by atoms with Gasteiger partial charge in [0, 0.05) is 25.2 Å². The molecule has 0 aromatic carbocycles. The smallest absolute Gasteiger partial charge is 0.0706 e. The van der Waals surface area contributed by atoms with Crippen molar-refractivity contribution in [1.82, 2.24) is 4.90 Å². The first-order valence-electron chi connectivity index (χ1n) is 4.47. The minimum Gasteiger partial charge on any atom is -0.377 e. The molecule has 12 heavy (non-hydrogen) atoms. The lowest BCUT2D eigenvalue weighted by molar-refractivity contribution is 0.0883. The van der Waals surface area contributed by atoms with E-state index in [9.17, 15) is 0 Å². The molecule has 3 heteroatoms. The average Bonchev–Trinajstić information content (AvgIpc) is 2.42. The van der Waals surface area contributed by atoms with Gasteiger partial charge in [-0.3, -0.25) is 4.90 Å². The number of halogens is 1. The van der Waals surface area contributed by atoms with E-state index >= 15 is 0 Å². The summed E-state index contributed by atoms with van der Waals surface area (Å²) in [5, 5.41) is 0. The van der Waals surface area contributed by atoms with Gasteiger partial charge in [-0.1, -0.05) is 17.7 Å². The molecule has 0 N–H and O–H groups in total. The fourth-order valence-electron chi connectivity index (χ4n) is 2.10. The number of likely N-dealkylation sites (tertiary alicyclic amines) is 1. The van der Waals surface area contributed by atoms with Gasteiger partial charge in [-0.25, -0.2) is 0 Å². The van der Waals surface area contributed by atoms with Gasteiger partial charge >= 0.3 is 0 Å². The van der Waals surface area contributed by atoms with E-state index in [0.717, 1.165) is 25.6 Å². The van der Waals surface area contributed by atoms with Crippen LogP contribution >= 0.6 is 11.6 Å². The van der Waals surface area contributed by atoms with E-state index in [1.165, 1.54) is 13.0 Å². The van der Waals surface area contributed by atoms with Crippen LogP contribution in [0.4, 0.5) is 0 Å². The predicted octanol–water partition coefficient (Wildman–Crippen LogP) is 1.46. The van der Waals surface area contributed by atoms with Crippen LogP contribution in [0.5, 0.6) is 0 Å². The highest BCUT2D eigenvalue weighted by molar-refractivity contribution is 6.25. The lowest BCUT2D eigenvalue weighted by Gasteiger charge is -2.28. The molecule has 2 unspecified atom stereocenters. The molecule has 68 valence electrons. The minimum atomic E-state index is 0.493. The van der Waals surface area contributed by atoms with E-state index in [4.69, 9.17) is 16.3 Å². The van der Waals surface area contributed by atoms with Crippen LogP contribution in [-0.4, -0.2) is 37.2 Å². The summed E-state index contributed by atoms with van der Waals surface area (Å²) in [5.41, 5.74) is 1.59. The Hall–Kier alpha value is -0.0500. The Balaban J connectivity index is 1.85. The van der Waals surface area contributed by atoms with Crippen LogP contribution in [0.2, 0.25) is 0 Å². The molecule has 2 aliphatic heterocycles. The van der Waals surface area contributed by atoms with Gasteiger partial charge in [-0.05, 0) is 12.3 Å². The fourth-order valence-corrected chi connectivity index (χ4v) is 2.18. The highest BCUT2D eigenvalue weighted by Gasteiger charge is 2.32. The topological polar surface area (TPSA) is 12.5 Å². The lowest BCUT2D eigenvalue weighted by Crippen LogP contribution is -2.39. The van der Waals surface area contributed by atoms with Crippen LogP contribution in [0.3, 0.4) is 0 Å². The third-order valence-corrected chi connectivity index (χ3v) is 2.77. The van der Waals surface area contributed by atoms with Gasteiger partial charge in [0.05, 0.1) is 12.7 Å². The van der Waals surface area contributed by atoms with Crippen molar-refractivity contribution >= 4 is 11.6 Å². The number of nitrogens with zero attached hydrogens (tertiary/aromatic N) is 1. The third kappa shape index (κ3) is 1.82. The molecule has 2 atom stereocenters. The molecule has 2 saturated heterocycles. The van der Waals surface area contributed by atoms with Crippen LogP contribution in [0.25, 0.3) is 0 Å². The zero-order valence-electron chi connectivity index (χ0n) is 7.08. The van der Waals surface area contributed by atoms with Crippen molar-refractivity contribution in [2.24, 2.45) is 5.92 Å². The zero-order chi connectivity index (χ0) is 8.39. The Morgan fingerprint density at radius 2 is 2.42 bits per heavy atom. The maximum Gasteiger partial charge on any atom is 0.0706 e. The highest BCUT2D eigenvalue weighted by atomic mass is 35.5. The number of piperidine rings is 1. The van der Waals surface area contributed by atoms with E-state index in [0.29, 0.717) is 6.10 Å². The molecular weight excluding hydrogens is 174 g/mol. The van der Waals surface area contributed by atoms with Gasteiger partial charge in [0.1, 0.15) is 0 Å². The first-order chi connectivity index (χ1) is 5.88. The molecule has 0 aromatic heterocycles. The Kier molecular flexibility index (Phi) is 2.69. The molecule has 2 rings (SSSR count). The van der Waals surface area contributed by atoms with Crippen LogP contribution in [0.1, 0.15) is 6.42 Å². The van der Waals surface area contributed by atoms with Crippen molar-refractivity contribution in [3.05, 3.63) is 11.6 Å². The van der Waals surface area contributed by atoms with Crippen molar-refractivity contribution < 1.29 is 4.74 Å². The van der Waals surface area contributed by atoms with Crippen molar-refractivity contribution in [1.29, 1.82) is 0 Å². The van der Waals surface area contributed by atoms with Gasteiger partial charge in [0.2, 0.25) is 0 Å². The molecule has 2 aliphatic rings. The Morgan fingerprint density at radius 1 is 1.50 bits per heavy atom. The Labute approximate surface area is 78.1 Å². The third-order valence-electron chi connectivity index (χ3n) is 2.59. The number of rotatable bonds is 2. The summed E-state index contributed by atoms with van der Waals surface area (Å²) in [6.07, 6.45) is 3.75. The quantitative estimate of drug-likeness (QED) is 0.649. The van der Waals surface area contributed by atoms with Gasteiger partial charge in [0.25, 0.3) is 0 Å².